The lowest BCUT2D eigenvalue weighted by Crippen LogP contribution is -2.35. The van der Waals surface area contributed by atoms with Crippen LogP contribution in [-0.2, 0) is 20.7 Å². The molecule has 0 N–H and O–H groups in total. The van der Waals surface area contributed by atoms with Gasteiger partial charge in [0.25, 0.3) is 0 Å². The van der Waals surface area contributed by atoms with E-state index in [9.17, 15) is 19.7 Å². The Hall–Kier alpha value is -3.49. The van der Waals surface area contributed by atoms with Crippen molar-refractivity contribution in [1.29, 1.82) is 0 Å². The van der Waals surface area contributed by atoms with Gasteiger partial charge in [0.2, 0.25) is 13.3 Å². The fourth-order valence-corrected chi connectivity index (χ4v) is 3.41. The highest BCUT2D eigenvalue weighted by Crippen LogP contribution is 2.37. The largest absolute Gasteiger partial charge is 0.465 e. The van der Waals surface area contributed by atoms with Crippen LogP contribution in [0.3, 0.4) is 0 Å². The number of pyridine rings is 1. The third kappa shape index (κ3) is 5.11. The highest BCUT2D eigenvalue weighted by atomic mass is 16.7. The number of nitrogens with zero attached hydrogens (tertiary/aromatic N) is 2. The van der Waals surface area contributed by atoms with Crippen LogP contribution in [0.1, 0.15) is 30.5 Å². The van der Waals surface area contributed by atoms with Gasteiger partial charge in [0, 0.05) is 23.2 Å². The van der Waals surface area contributed by atoms with Gasteiger partial charge in [-0.05, 0) is 43.2 Å². The lowest BCUT2D eigenvalue weighted by atomic mass is 9.81. The average molecular weight is 414 g/mol. The lowest BCUT2D eigenvalue weighted by molar-refractivity contribution is -0.484. The van der Waals surface area contributed by atoms with Gasteiger partial charge in [0.05, 0.1) is 12.5 Å². The summed E-state index contributed by atoms with van der Waals surface area (Å²) in [4.78, 5) is 40.8. The molecule has 2 heterocycles. The van der Waals surface area contributed by atoms with Crippen LogP contribution in [0.25, 0.3) is 0 Å². The normalized spacial score (nSPS) is 14.0. The number of carbonyl (C=O) groups excluding carboxylic acids is 2. The van der Waals surface area contributed by atoms with E-state index in [0.29, 0.717) is 29.2 Å². The van der Waals surface area contributed by atoms with E-state index < -0.39 is 35.1 Å². The molecule has 158 valence electrons. The second kappa shape index (κ2) is 9.82. The molecule has 1 aliphatic heterocycles. The van der Waals surface area contributed by atoms with E-state index in [2.05, 4.69) is 4.98 Å². The van der Waals surface area contributed by atoms with Gasteiger partial charge in [-0.15, -0.1) is 0 Å². The van der Waals surface area contributed by atoms with Crippen LogP contribution in [0.5, 0.6) is 11.5 Å². The summed E-state index contributed by atoms with van der Waals surface area (Å²) in [5, 5.41) is 11.4. The van der Waals surface area contributed by atoms with Crippen molar-refractivity contribution in [2.75, 3.05) is 19.9 Å². The van der Waals surface area contributed by atoms with Crippen LogP contribution in [0.4, 0.5) is 0 Å². The number of Topliss-reactive ketones (excluding diaryl/α,β-unsaturated/α-hetero) is 1. The first kappa shape index (κ1) is 21.2. The molecule has 0 amide bonds. The number of carbonyl (C=O) groups is 2. The molecule has 1 aromatic carbocycles. The molecule has 2 atom stereocenters. The van der Waals surface area contributed by atoms with Crippen molar-refractivity contribution in [3.05, 3.63) is 64.0 Å². The zero-order valence-corrected chi connectivity index (χ0v) is 16.5. The predicted molar refractivity (Wildman–Crippen MR) is 105 cm³/mol. The summed E-state index contributed by atoms with van der Waals surface area (Å²) in [7, 11) is 0. The van der Waals surface area contributed by atoms with E-state index in [1.165, 1.54) is 0 Å². The fourth-order valence-electron chi connectivity index (χ4n) is 3.41. The molecule has 0 fully saturated rings. The molecular weight excluding hydrogens is 392 g/mol. The molecule has 0 saturated carbocycles. The Balaban J connectivity index is 1.89. The molecule has 3 rings (SSSR count). The summed E-state index contributed by atoms with van der Waals surface area (Å²) in [5.41, 5.74) is 1.14. The average Bonchev–Trinajstić information content (AvgIpc) is 3.20. The number of benzene rings is 1. The molecule has 30 heavy (non-hydrogen) atoms. The Kier molecular flexibility index (Phi) is 6.95. The van der Waals surface area contributed by atoms with Crippen molar-refractivity contribution in [1.82, 2.24) is 4.98 Å². The van der Waals surface area contributed by atoms with Gasteiger partial charge < -0.3 is 14.2 Å². The first-order chi connectivity index (χ1) is 14.5. The van der Waals surface area contributed by atoms with Crippen molar-refractivity contribution in [3.8, 4) is 11.5 Å². The Labute approximate surface area is 173 Å². The predicted octanol–water partition coefficient (Wildman–Crippen LogP) is 2.55. The molecule has 1 aromatic heterocycles. The van der Waals surface area contributed by atoms with Crippen molar-refractivity contribution >= 4 is 11.8 Å². The van der Waals surface area contributed by atoms with Crippen molar-refractivity contribution in [2.24, 2.45) is 5.92 Å². The van der Waals surface area contributed by atoms with Gasteiger partial charge >= 0.3 is 5.97 Å². The number of hydrogen-bond acceptors (Lipinski definition) is 8. The van der Waals surface area contributed by atoms with E-state index >= 15 is 0 Å². The van der Waals surface area contributed by atoms with Crippen LogP contribution in [0.2, 0.25) is 0 Å². The number of esters is 1. The number of ether oxygens (including phenoxy) is 3. The third-order valence-corrected chi connectivity index (χ3v) is 4.81. The van der Waals surface area contributed by atoms with Gasteiger partial charge in [-0.3, -0.25) is 24.7 Å². The molecule has 9 nitrogen and oxygen atoms in total. The summed E-state index contributed by atoms with van der Waals surface area (Å²) < 4.78 is 15.7. The number of aromatic nitrogens is 1. The maximum atomic E-state index is 13.1. The van der Waals surface area contributed by atoms with Gasteiger partial charge in [-0.2, -0.15) is 0 Å². The van der Waals surface area contributed by atoms with E-state index in [1.54, 1.807) is 49.5 Å². The van der Waals surface area contributed by atoms with Crippen LogP contribution in [-0.4, -0.2) is 41.6 Å². The third-order valence-electron chi connectivity index (χ3n) is 4.81. The standard InChI is InChI=1S/C21H22N2O7/c1-2-28-21(25)20(17(24)8-7-15-5-3-4-10-22-15)16(12-23(26)27)14-6-9-18-19(11-14)30-13-29-18/h3-6,9-11,16,20H,2,7-8,12-13H2,1H3. The Morgan fingerprint density at radius 1 is 1.23 bits per heavy atom. The zero-order chi connectivity index (χ0) is 21.5. The Bertz CT molecular complexity index is 917. The molecule has 0 spiro atoms. The van der Waals surface area contributed by atoms with E-state index in [4.69, 9.17) is 14.2 Å². The smallest absolute Gasteiger partial charge is 0.317 e. The number of hydrogen-bond donors (Lipinski definition) is 0. The highest BCUT2D eigenvalue weighted by Gasteiger charge is 2.40. The SMILES string of the molecule is CCOC(=O)C(C(=O)CCc1ccccn1)C(C[N+](=O)[O-])c1ccc2c(c1)OCO2. The monoisotopic (exact) mass is 414 g/mol. The number of fused-ring (bicyclic) bond motifs is 1. The van der Waals surface area contributed by atoms with E-state index in [1.807, 2.05) is 0 Å². The number of ketones is 1. The summed E-state index contributed by atoms with van der Waals surface area (Å²) in [6.45, 7) is 1.13. The minimum atomic E-state index is -1.31. The summed E-state index contributed by atoms with van der Waals surface area (Å²) in [6.07, 6.45) is 1.95. The second-order valence-corrected chi connectivity index (χ2v) is 6.75. The van der Waals surface area contributed by atoms with Crippen LogP contribution >= 0.6 is 0 Å². The molecule has 1 aliphatic rings. The maximum absolute atomic E-state index is 13.1. The van der Waals surface area contributed by atoms with Crippen LogP contribution < -0.4 is 9.47 Å². The lowest BCUT2D eigenvalue weighted by Gasteiger charge is -2.22. The molecule has 2 aromatic rings. The molecule has 0 aliphatic carbocycles. The van der Waals surface area contributed by atoms with E-state index in [0.717, 1.165) is 0 Å². The number of nitro groups is 1. The molecule has 0 bridgehead atoms. The van der Waals surface area contributed by atoms with Crippen LogP contribution in [0, 0.1) is 16.0 Å². The topological polar surface area (TPSA) is 118 Å². The van der Waals surface area contributed by atoms with Gasteiger partial charge in [0.15, 0.2) is 11.5 Å². The molecule has 2 unspecified atom stereocenters. The van der Waals surface area contributed by atoms with Crippen molar-refractivity contribution in [2.45, 2.75) is 25.7 Å². The zero-order valence-electron chi connectivity index (χ0n) is 16.5. The molecule has 0 saturated heterocycles. The summed E-state index contributed by atoms with van der Waals surface area (Å²) >= 11 is 0. The summed E-state index contributed by atoms with van der Waals surface area (Å²) in [6, 6.07) is 10.1. The minimum Gasteiger partial charge on any atom is -0.465 e. The first-order valence-corrected chi connectivity index (χ1v) is 9.60. The van der Waals surface area contributed by atoms with Gasteiger partial charge in [-0.1, -0.05) is 12.1 Å². The number of rotatable bonds is 10. The van der Waals surface area contributed by atoms with Gasteiger partial charge in [-0.25, -0.2) is 0 Å². The van der Waals surface area contributed by atoms with Gasteiger partial charge in [0.1, 0.15) is 11.7 Å². The maximum Gasteiger partial charge on any atom is 0.317 e. The molecule has 9 heteroatoms. The summed E-state index contributed by atoms with van der Waals surface area (Å²) in [5.74, 6) is -2.57. The Morgan fingerprint density at radius 3 is 2.73 bits per heavy atom. The molecular formula is C21H22N2O7. The van der Waals surface area contributed by atoms with Crippen LogP contribution in [0.15, 0.2) is 42.6 Å². The van der Waals surface area contributed by atoms with Crippen molar-refractivity contribution < 1.29 is 28.7 Å². The van der Waals surface area contributed by atoms with E-state index in [-0.39, 0.29) is 19.8 Å². The molecule has 0 radical (unpaired) electrons. The minimum absolute atomic E-state index is 0.0132. The quantitative estimate of drug-likeness (QED) is 0.252. The second-order valence-electron chi connectivity index (χ2n) is 6.75. The first-order valence-electron chi connectivity index (χ1n) is 9.60. The Morgan fingerprint density at radius 2 is 2.03 bits per heavy atom. The number of aryl methyl sites for hydroxylation is 1. The highest BCUT2D eigenvalue weighted by molar-refractivity contribution is 6.00. The van der Waals surface area contributed by atoms with Crippen molar-refractivity contribution in [3.63, 3.8) is 0 Å². The fraction of sp³-hybridized carbons (Fsp3) is 0.381.